The summed E-state index contributed by atoms with van der Waals surface area (Å²) in [5.74, 6) is -0.204. The molecule has 1 fully saturated rings. The van der Waals surface area contributed by atoms with Crippen molar-refractivity contribution in [2.45, 2.75) is 24.2 Å². The molecule has 10 heteroatoms. The Morgan fingerprint density at radius 1 is 1.13 bits per heavy atom. The summed E-state index contributed by atoms with van der Waals surface area (Å²) >= 11 is 6.88. The molecule has 2 aromatic carbocycles. The molecular formula is C20H21ClN4O3S2. The van der Waals surface area contributed by atoms with Crippen LogP contribution in [0.2, 0.25) is 5.02 Å². The van der Waals surface area contributed by atoms with Crippen LogP contribution in [0.25, 0.3) is 11.0 Å². The third kappa shape index (κ3) is 4.49. The molecular weight excluding hydrogens is 444 g/mol. The number of piperidine rings is 1. The van der Waals surface area contributed by atoms with Crippen molar-refractivity contribution < 1.29 is 13.2 Å². The maximum atomic E-state index is 13.1. The standard InChI is InChI=1S/C20H21ClN4O3S2/c21-16-6-4-14(5-7-16)8-11-22-20(26)15-9-12-25(13-10-15)30(27,28)18-3-1-2-17-19(18)24-29-23-17/h1-7,15H,8-13H2,(H,22,26). The number of benzene rings is 2. The van der Waals surface area contributed by atoms with Gasteiger partial charge in [-0.05, 0) is 49.1 Å². The van der Waals surface area contributed by atoms with Crippen LogP contribution in [0.3, 0.4) is 0 Å². The third-order valence-electron chi connectivity index (χ3n) is 5.32. The molecule has 3 aromatic rings. The summed E-state index contributed by atoms with van der Waals surface area (Å²) in [5.41, 5.74) is 2.09. The Morgan fingerprint density at radius 2 is 1.87 bits per heavy atom. The highest BCUT2D eigenvalue weighted by atomic mass is 35.5. The van der Waals surface area contributed by atoms with Crippen LogP contribution in [0, 0.1) is 5.92 Å². The maximum Gasteiger partial charge on any atom is 0.245 e. The first-order valence-corrected chi connectivity index (χ1v) is 12.2. The van der Waals surface area contributed by atoms with Crippen LogP contribution in [0.1, 0.15) is 18.4 Å². The minimum atomic E-state index is -3.67. The van der Waals surface area contributed by atoms with Crippen molar-refractivity contribution in [1.29, 1.82) is 0 Å². The first-order valence-electron chi connectivity index (χ1n) is 9.69. The van der Waals surface area contributed by atoms with E-state index in [4.69, 9.17) is 11.6 Å². The molecule has 0 saturated carbocycles. The van der Waals surface area contributed by atoms with Gasteiger partial charge in [-0.3, -0.25) is 4.79 Å². The smallest absolute Gasteiger partial charge is 0.245 e. The second-order valence-corrected chi connectivity index (χ2v) is 10.1. The Kier molecular flexibility index (Phi) is 6.33. The summed E-state index contributed by atoms with van der Waals surface area (Å²) in [6, 6.07) is 12.5. The summed E-state index contributed by atoms with van der Waals surface area (Å²) in [6.07, 6.45) is 1.72. The van der Waals surface area contributed by atoms with E-state index in [0.29, 0.717) is 48.5 Å². The van der Waals surface area contributed by atoms with Gasteiger partial charge < -0.3 is 5.32 Å². The van der Waals surface area contributed by atoms with Crippen LogP contribution in [0.4, 0.5) is 0 Å². The van der Waals surface area contributed by atoms with Gasteiger partial charge in [0.15, 0.2) is 0 Å². The maximum absolute atomic E-state index is 13.1. The molecule has 30 heavy (non-hydrogen) atoms. The lowest BCUT2D eigenvalue weighted by Gasteiger charge is -2.30. The van der Waals surface area contributed by atoms with Gasteiger partial charge in [0.25, 0.3) is 0 Å². The number of carbonyl (C=O) groups excluding carboxylic acids is 1. The molecule has 7 nitrogen and oxygen atoms in total. The van der Waals surface area contributed by atoms with Crippen LogP contribution in [0.15, 0.2) is 47.4 Å². The van der Waals surface area contributed by atoms with E-state index < -0.39 is 10.0 Å². The molecule has 0 aliphatic carbocycles. The molecule has 4 rings (SSSR count). The summed E-state index contributed by atoms with van der Waals surface area (Å²) < 4.78 is 35.9. The van der Waals surface area contributed by atoms with E-state index >= 15 is 0 Å². The second-order valence-electron chi connectivity index (χ2n) is 7.23. The number of nitrogens with one attached hydrogen (secondary N) is 1. The lowest BCUT2D eigenvalue weighted by Crippen LogP contribution is -2.43. The van der Waals surface area contributed by atoms with Gasteiger partial charge in [-0.1, -0.05) is 29.8 Å². The minimum Gasteiger partial charge on any atom is -0.356 e. The fraction of sp³-hybridized carbons (Fsp3) is 0.350. The molecule has 1 amide bonds. The Balaban J connectivity index is 1.32. The van der Waals surface area contributed by atoms with Crippen molar-refractivity contribution >= 4 is 50.3 Å². The van der Waals surface area contributed by atoms with E-state index in [1.54, 1.807) is 18.2 Å². The number of nitrogens with zero attached hydrogens (tertiary/aromatic N) is 3. The molecule has 2 heterocycles. The Hall–Kier alpha value is -2.07. The van der Waals surface area contributed by atoms with Crippen LogP contribution >= 0.6 is 23.3 Å². The van der Waals surface area contributed by atoms with Crippen LogP contribution in [0.5, 0.6) is 0 Å². The average Bonchev–Trinajstić information content (AvgIpc) is 3.24. The lowest BCUT2D eigenvalue weighted by atomic mass is 9.97. The van der Waals surface area contributed by atoms with Crippen LogP contribution in [-0.4, -0.2) is 47.0 Å². The van der Waals surface area contributed by atoms with Gasteiger partial charge in [0.1, 0.15) is 15.9 Å². The quantitative estimate of drug-likeness (QED) is 0.605. The monoisotopic (exact) mass is 464 g/mol. The fourth-order valence-electron chi connectivity index (χ4n) is 3.61. The summed E-state index contributed by atoms with van der Waals surface area (Å²) in [4.78, 5) is 12.7. The van der Waals surface area contributed by atoms with Crippen molar-refractivity contribution in [3.05, 3.63) is 53.1 Å². The highest BCUT2D eigenvalue weighted by Crippen LogP contribution is 2.28. The van der Waals surface area contributed by atoms with Gasteiger partial charge in [-0.25, -0.2) is 8.42 Å². The topological polar surface area (TPSA) is 92.3 Å². The number of aromatic nitrogens is 2. The largest absolute Gasteiger partial charge is 0.356 e. The molecule has 1 aliphatic heterocycles. The zero-order valence-corrected chi connectivity index (χ0v) is 18.5. The Morgan fingerprint density at radius 3 is 2.60 bits per heavy atom. The molecule has 1 saturated heterocycles. The average molecular weight is 465 g/mol. The molecule has 0 atom stereocenters. The molecule has 158 valence electrons. The van der Waals surface area contributed by atoms with E-state index in [0.717, 1.165) is 23.7 Å². The molecule has 1 aromatic heterocycles. The molecule has 0 spiro atoms. The Labute approximate surface area is 184 Å². The molecule has 1 aliphatic rings. The number of hydrogen-bond donors (Lipinski definition) is 1. The van der Waals surface area contributed by atoms with Gasteiger partial charge in [-0.2, -0.15) is 13.1 Å². The summed E-state index contributed by atoms with van der Waals surface area (Å²) in [7, 11) is -3.67. The number of fused-ring (bicyclic) bond motifs is 1. The molecule has 1 N–H and O–H groups in total. The third-order valence-corrected chi connectivity index (χ3v) is 8.04. The number of hydrogen-bond acceptors (Lipinski definition) is 6. The first-order chi connectivity index (χ1) is 14.4. The highest BCUT2D eigenvalue weighted by Gasteiger charge is 2.33. The van der Waals surface area contributed by atoms with Crippen LogP contribution < -0.4 is 5.32 Å². The normalized spacial score (nSPS) is 16.0. The van der Waals surface area contributed by atoms with Crippen molar-refractivity contribution in [3.63, 3.8) is 0 Å². The van der Waals surface area contributed by atoms with Crippen molar-refractivity contribution in [2.75, 3.05) is 19.6 Å². The minimum absolute atomic E-state index is 0.0215. The Bertz CT molecular complexity index is 1140. The molecule has 0 bridgehead atoms. The van der Waals surface area contributed by atoms with Crippen molar-refractivity contribution in [2.24, 2.45) is 5.92 Å². The fourth-order valence-corrected chi connectivity index (χ4v) is 5.96. The predicted octanol–water partition coefficient (Wildman–Crippen LogP) is 3.10. The van der Waals surface area contributed by atoms with Gasteiger partial charge in [0, 0.05) is 30.6 Å². The predicted molar refractivity (Wildman–Crippen MR) is 117 cm³/mol. The number of carbonyl (C=O) groups is 1. The van der Waals surface area contributed by atoms with Gasteiger partial charge in [-0.15, -0.1) is 0 Å². The number of rotatable bonds is 6. The van der Waals surface area contributed by atoms with Crippen molar-refractivity contribution in [3.8, 4) is 0 Å². The van der Waals surface area contributed by atoms with E-state index in [9.17, 15) is 13.2 Å². The zero-order valence-electron chi connectivity index (χ0n) is 16.1. The summed E-state index contributed by atoms with van der Waals surface area (Å²) in [5, 5.41) is 3.65. The van der Waals surface area contributed by atoms with Gasteiger partial charge >= 0.3 is 0 Å². The summed E-state index contributed by atoms with van der Waals surface area (Å²) in [6.45, 7) is 1.16. The first kappa shape index (κ1) is 21.2. The molecule has 0 unspecified atom stereocenters. The van der Waals surface area contributed by atoms with E-state index in [2.05, 4.69) is 14.1 Å². The number of sulfonamides is 1. The number of halogens is 1. The zero-order chi connectivity index (χ0) is 21.1. The van der Waals surface area contributed by atoms with E-state index in [-0.39, 0.29) is 16.7 Å². The second kappa shape index (κ2) is 8.97. The van der Waals surface area contributed by atoms with Gasteiger partial charge in [0.2, 0.25) is 15.9 Å². The number of amides is 1. The van der Waals surface area contributed by atoms with Crippen molar-refractivity contribution in [1.82, 2.24) is 18.4 Å². The highest BCUT2D eigenvalue weighted by molar-refractivity contribution is 7.89. The van der Waals surface area contributed by atoms with E-state index in [1.165, 1.54) is 4.31 Å². The van der Waals surface area contributed by atoms with Crippen LogP contribution in [-0.2, 0) is 21.2 Å². The molecule has 0 radical (unpaired) electrons. The van der Waals surface area contributed by atoms with Gasteiger partial charge in [0.05, 0.1) is 11.7 Å². The SMILES string of the molecule is O=C(NCCc1ccc(Cl)cc1)C1CCN(S(=O)(=O)c2cccc3nsnc23)CC1. The van der Waals surface area contributed by atoms with E-state index in [1.807, 2.05) is 24.3 Å². The lowest BCUT2D eigenvalue weighted by molar-refractivity contribution is -0.126.